The van der Waals surface area contributed by atoms with E-state index in [0.717, 1.165) is 24.3 Å². The zero-order valence-electron chi connectivity index (χ0n) is 20.4. The number of rotatable bonds is 7. The third-order valence-electron chi connectivity index (χ3n) is 5.84. The predicted molar refractivity (Wildman–Crippen MR) is 126 cm³/mol. The van der Waals surface area contributed by atoms with Crippen LogP contribution in [-0.4, -0.2) is 11.1 Å². The van der Waals surface area contributed by atoms with Crippen LogP contribution in [0.3, 0.4) is 0 Å². The first kappa shape index (κ1) is 29.9. The molecule has 3 aromatic rings. The third kappa shape index (κ3) is 7.45. The highest BCUT2D eigenvalue weighted by molar-refractivity contribution is 5.80. The number of nitrogens with one attached hydrogen (secondary N) is 1. The van der Waals surface area contributed by atoms with Gasteiger partial charge in [0.1, 0.15) is 0 Å². The van der Waals surface area contributed by atoms with Crippen LogP contribution >= 0.6 is 0 Å². The molecule has 39 heavy (non-hydrogen) atoms. The first-order chi connectivity index (χ1) is 17.9. The summed E-state index contributed by atoms with van der Waals surface area (Å²) in [5.74, 6) is -2.53. The summed E-state index contributed by atoms with van der Waals surface area (Å²) in [6.45, 7) is 3.49. The van der Waals surface area contributed by atoms with E-state index in [0.29, 0.717) is 6.07 Å². The number of hydrogen-bond donors (Lipinski definition) is 2. The first-order valence-electron chi connectivity index (χ1n) is 11.5. The van der Waals surface area contributed by atoms with Crippen LogP contribution in [-0.2, 0) is 23.3 Å². The molecule has 0 spiro atoms. The van der Waals surface area contributed by atoms with Crippen molar-refractivity contribution in [2.24, 2.45) is 5.92 Å². The van der Waals surface area contributed by atoms with E-state index in [4.69, 9.17) is 0 Å². The van der Waals surface area contributed by atoms with Crippen molar-refractivity contribution in [1.29, 1.82) is 0 Å². The zero-order chi connectivity index (χ0) is 29.3. The molecule has 0 bridgehead atoms. The maximum Gasteiger partial charge on any atom is 0.418 e. The van der Waals surface area contributed by atoms with Crippen LogP contribution < -0.4 is 5.32 Å². The summed E-state index contributed by atoms with van der Waals surface area (Å²) in [5, 5.41) is 12.1. The van der Waals surface area contributed by atoms with Gasteiger partial charge in [-0.3, -0.25) is 4.79 Å². The van der Waals surface area contributed by atoms with E-state index in [9.17, 15) is 49.4 Å². The first-order valence-corrected chi connectivity index (χ1v) is 11.5. The summed E-state index contributed by atoms with van der Waals surface area (Å²) in [5.41, 5.74) is -4.36. The van der Waals surface area contributed by atoms with Crippen molar-refractivity contribution in [2.45, 2.75) is 44.7 Å². The van der Waals surface area contributed by atoms with Crippen molar-refractivity contribution >= 4 is 17.3 Å². The lowest BCUT2D eigenvalue weighted by molar-refractivity contribution is -0.140. The Balaban J connectivity index is 2.20. The molecule has 0 aromatic heterocycles. The van der Waals surface area contributed by atoms with E-state index >= 15 is 0 Å². The zero-order valence-corrected chi connectivity index (χ0v) is 20.4. The van der Waals surface area contributed by atoms with Gasteiger partial charge in [-0.25, -0.2) is 0 Å². The number of carbonyl (C=O) groups is 1. The molecule has 0 radical (unpaired) electrons. The number of carboxylic acid groups (broad SMARTS) is 1. The maximum absolute atomic E-state index is 13.6. The Morgan fingerprint density at radius 3 is 1.79 bits per heavy atom. The summed E-state index contributed by atoms with van der Waals surface area (Å²) in [7, 11) is 0. The quantitative estimate of drug-likeness (QED) is 0.282. The number of carboxylic acids is 1. The van der Waals surface area contributed by atoms with Crippen molar-refractivity contribution in [1.82, 2.24) is 0 Å². The van der Waals surface area contributed by atoms with Crippen LogP contribution in [0.5, 0.6) is 0 Å². The summed E-state index contributed by atoms with van der Waals surface area (Å²) in [4.78, 5) is 12.0. The fraction of sp³-hybridized carbons (Fsp3) is 0.296. The second kappa shape index (κ2) is 10.8. The molecule has 3 rings (SSSR count). The molecule has 2 N–H and O–H groups in total. The fourth-order valence-electron chi connectivity index (χ4n) is 4.02. The minimum atomic E-state index is -5.03. The van der Waals surface area contributed by atoms with Gasteiger partial charge >= 0.3 is 24.5 Å². The Morgan fingerprint density at radius 1 is 0.744 bits per heavy atom. The van der Waals surface area contributed by atoms with E-state index in [1.807, 2.05) is 0 Å². The van der Waals surface area contributed by atoms with Crippen LogP contribution in [0, 0.1) is 5.92 Å². The number of anilines is 2. The molecular formula is C27H22F9NO2. The average molecular weight is 563 g/mol. The lowest BCUT2D eigenvalue weighted by atomic mass is 9.88. The molecule has 1 atom stereocenters. The summed E-state index contributed by atoms with van der Waals surface area (Å²) in [6, 6.07) is 8.45. The molecule has 0 fully saturated rings. The van der Waals surface area contributed by atoms with Crippen LogP contribution in [0.4, 0.5) is 50.9 Å². The molecule has 0 amide bonds. The van der Waals surface area contributed by atoms with E-state index in [1.165, 1.54) is 18.2 Å². The standard InChI is InChI=1S/C27H22F9NO2/c1-14(2)9-21(24(38)39)17-10-16(15-3-5-18(6-4-15)25(28,29)30)11-20(12-17)37-23-13-19(26(31,32)33)7-8-22(23)27(34,35)36/h3-8,10-14,21,37H,9H2,1-2H3,(H,38,39)/t21-/m1/s1. The van der Waals surface area contributed by atoms with E-state index < -0.39 is 52.8 Å². The van der Waals surface area contributed by atoms with E-state index in [2.05, 4.69) is 5.32 Å². The highest BCUT2D eigenvalue weighted by Crippen LogP contribution is 2.41. The molecule has 0 aliphatic heterocycles. The Kier molecular flexibility index (Phi) is 8.28. The van der Waals surface area contributed by atoms with Crippen molar-refractivity contribution in [3.8, 4) is 11.1 Å². The SMILES string of the molecule is CC(C)C[C@@H](C(=O)O)c1cc(Nc2cc(C(F)(F)F)ccc2C(F)(F)F)cc(-c2ccc(C(F)(F)F)cc2)c1. The minimum Gasteiger partial charge on any atom is -0.481 e. The van der Waals surface area contributed by atoms with Crippen LogP contribution in [0.2, 0.25) is 0 Å². The Morgan fingerprint density at radius 2 is 1.31 bits per heavy atom. The van der Waals surface area contributed by atoms with Gasteiger partial charge in [0.05, 0.1) is 28.3 Å². The van der Waals surface area contributed by atoms with Gasteiger partial charge in [0, 0.05) is 5.69 Å². The van der Waals surface area contributed by atoms with Gasteiger partial charge in [-0.05, 0) is 71.5 Å². The Labute approximate surface area is 217 Å². The fourth-order valence-corrected chi connectivity index (χ4v) is 4.02. The second-order valence-corrected chi connectivity index (χ2v) is 9.32. The minimum absolute atomic E-state index is 0.108. The van der Waals surface area contributed by atoms with Crippen LogP contribution in [0.15, 0.2) is 60.7 Å². The van der Waals surface area contributed by atoms with E-state index in [-0.39, 0.29) is 46.8 Å². The summed E-state index contributed by atoms with van der Waals surface area (Å²) in [6.07, 6.45) is -14.5. The Hall–Kier alpha value is -3.70. The van der Waals surface area contributed by atoms with Gasteiger partial charge < -0.3 is 10.4 Å². The van der Waals surface area contributed by atoms with Crippen molar-refractivity contribution in [3.05, 3.63) is 82.9 Å². The highest BCUT2D eigenvalue weighted by atomic mass is 19.4. The molecular weight excluding hydrogens is 541 g/mol. The molecule has 210 valence electrons. The molecule has 0 saturated heterocycles. The van der Waals surface area contributed by atoms with Gasteiger partial charge in [0.15, 0.2) is 0 Å². The summed E-state index contributed by atoms with van der Waals surface area (Å²) >= 11 is 0. The molecule has 0 aliphatic rings. The van der Waals surface area contributed by atoms with Gasteiger partial charge in [-0.2, -0.15) is 39.5 Å². The smallest absolute Gasteiger partial charge is 0.418 e. The molecule has 0 heterocycles. The molecule has 3 aromatic carbocycles. The maximum atomic E-state index is 13.6. The predicted octanol–water partition coefficient (Wildman–Crippen LogP) is 9.37. The largest absolute Gasteiger partial charge is 0.481 e. The normalized spacial score (nSPS) is 13.4. The molecule has 0 saturated carbocycles. The lowest BCUT2D eigenvalue weighted by Gasteiger charge is -2.20. The average Bonchev–Trinajstić information content (AvgIpc) is 2.80. The second-order valence-electron chi connectivity index (χ2n) is 9.32. The van der Waals surface area contributed by atoms with Gasteiger partial charge in [0.25, 0.3) is 0 Å². The molecule has 3 nitrogen and oxygen atoms in total. The monoisotopic (exact) mass is 563 g/mol. The van der Waals surface area contributed by atoms with Crippen molar-refractivity contribution < 1.29 is 49.4 Å². The molecule has 0 unspecified atom stereocenters. The van der Waals surface area contributed by atoms with Crippen molar-refractivity contribution in [2.75, 3.05) is 5.32 Å². The number of aliphatic carboxylic acids is 1. The Bertz CT molecular complexity index is 1330. The number of benzene rings is 3. The highest BCUT2D eigenvalue weighted by Gasteiger charge is 2.37. The number of hydrogen-bond acceptors (Lipinski definition) is 2. The molecule has 12 heteroatoms. The number of alkyl halides is 9. The van der Waals surface area contributed by atoms with Gasteiger partial charge in [0.2, 0.25) is 0 Å². The van der Waals surface area contributed by atoms with Crippen LogP contribution in [0.1, 0.15) is 48.4 Å². The van der Waals surface area contributed by atoms with Crippen molar-refractivity contribution in [3.63, 3.8) is 0 Å². The van der Waals surface area contributed by atoms with E-state index in [1.54, 1.807) is 13.8 Å². The lowest BCUT2D eigenvalue weighted by Crippen LogP contribution is -2.15. The van der Waals surface area contributed by atoms with Crippen LogP contribution in [0.25, 0.3) is 11.1 Å². The molecule has 0 aliphatic carbocycles. The third-order valence-corrected chi connectivity index (χ3v) is 5.84. The summed E-state index contributed by atoms with van der Waals surface area (Å²) < 4.78 is 120. The number of halogens is 9. The van der Waals surface area contributed by atoms with Gasteiger partial charge in [-0.1, -0.05) is 32.0 Å². The van der Waals surface area contributed by atoms with Gasteiger partial charge in [-0.15, -0.1) is 0 Å². The topological polar surface area (TPSA) is 49.3 Å².